The number of phosphoric ester groups is 2. The number of hydrogen-bond donors (Lipinski definition) is 3. The molecule has 0 aromatic heterocycles. The van der Waals surface area contributed by atoms with Gasteiger partial charge in [0.2, 0.25) is 0 Å². The largest absolute Gasteiger partial charge is 0.472 e. The zero-order valence-corrected chi connectivity index (χ0v) is 61.3. The van der Waals surface area contributed by atoms with E-state index >= 15 is 0 Å². The molecule has 0 rings (SSSR count). The summed E-state index contributed by atoms with van der Waals surface area (Å²) in [4.78, 5) is 72.6. The molecule has 0 aliphatic heterocycles. The van der Waals surface area contributed by atoms with Crippen molar-refractivity contribution in [3.63, 3.8) is 0 Å². The summed E-state index contributed by atoms with van der Waals surface area (Å²) in [6, 6.07) is 0. The summed E-state index contributed by atoms with van der Waals surface area (Å²) in [5.74, 6) is 0.875. The van der Waals surface area contributed by atoms with Gasteiger partial charge in [0.25, 0.3) is 0 Å². The predicted octanol–water partition coefficient (Wildman–Crippen LogP) is 20.5. The van der Waals surface area contributed by atoms with E-state index in [0.717, 1.165) is 114 Å². The second-order valence-corrected chi connectivity index (χ2v) is 30.6. The van der Waals surface area contributed by atoms with Crippen molar-refractivity contribution in [1.82, 2.24) is 0 Å². The zero-order valence-electron chi connectivity index (χ0n) is 59.5. The van der Waals surface area contributed by atoms with Gasteiger partial charge in [0.05, 0.1) is 26.4 Å². The van der Waals surface area contributed by atoms with Gasteiger partial charge in [0.1, 0.15) is 19.3 Å². The number of aliphatic hydroxyl groups is 1. The Morgan fingerprint density at radius 3 is 0.780 bits per heavy atom. The summed E-state index contributed by atoms with van der Waals surface area (Å²) in [6.07, 6.45) is 44.5. The highest BCUT2D eigenvalue weighted by molar-refractivity contribution is 7.47. The molecule has 91 heavy (non-hydrogen) atoms. The molecule has 3 unspecified atom stereocenters. The smallest absolute Gasteiger partial charge is 0.462 e. The lowest BCUT2D eigenvalue weighted by Crippen LogP contribution is -2.30. The second kappa shape index (κ2) is 61.6. The zero-order chi connectivity index (χ0) is 67.5. The maximum atomic E-state index is 13.0. The quantitative estimate of drug-likeness (QED) is 0.0222. The lowest BCUT2D eigenvalue weighted by molar-refractivity contribution is -0.161. The van der Waals surface area contributed by atoms with Gasteiger partial charge in [0.15, 0.2) is 12.2 Å². The van der Waals surface area contributed by atoms with Gasteiger partial charge >= 0.3 is 39.5 Å². The van der Waals surface area contributed by atoms with E-state index in [4.69, 9.17) is 37.0 Å². The fourth-order valence-corrected chi connectivity index (χ4v) is 12.4. The molecule has 0 bridgehead atoms. The third-order valence-electron chi connectivity index (χ3n) is 16.9. The molecule has 17 nitrogen and oxygen atoms in total. The van der Waals surface area contributed by atoms with Crippen LogP contribution in [0.4, 0.5) is 0 Å². The van der Waals surface area contributed by atoms with Crippen LogP contribution in [-0.4, -0.2) is 96.7 Å². The van der Waals surface area contributed by atoms with Crippen LogP contribution in [0.15, 0.2) is 0 Å². The number of carbonyl (C=O) groups excluding carboxylic acids is 4. The van der Waals surface area contributed by atoms with Crippen LogP contribution >= 0.6 is 15.6 Å². The molecule has 0 fully saturated rings. The maximum absolute atomic E-state index is 13.0. The van der Waals surface area contributed by atoms with Crippen LogP contribution in [0, 0.1) is 23.7 Å². The lowest BCUT2D eigenvalue weighted by atomic mass is 9.99. The van der Waals surface area contributed by atoms with Crippen molar-refractivity contribution < 1.29 is 80.2 Å². The molecule has 0 saturated carbocycles. The van der Waals surface area contributed by atoms with Crippen LogP contribution in [0.1, 0.15) is 357 Å². The van der Waals surface area contributed by atoms with E-state index in [9.17, 15) is 43.2 Å². The Bertz CT molecular complexity index is 1800. The van der Waals surface area contributed by atoms with Crippen molar-refractivity contribution in [1.29, 1.82) is 0 Å². The van der Waals surface area contributed by atoms with E-state index in [2.05, 4.69) is 55.4 Å². The van der Waals surface area contributed by atoms with Crippen LogP contribution < -0.4 is 0 Å². The van der Waals surface area contributed by atoms with Gasteiger partial charge < -0.3 is 33.8 Å². The Morgan fingerprint density at radius 1 is 0.308 bits per heavy atom. The topological polar surface area (TPSA) is 237 Å². The van der Waals surface area contributed by atoms with E-state index in [1.54, 1.807) is 0 Å². The Hall–Kier alpha value is -1.94. The molecule has 19 heteroatoms. The summed E-state index contributed by atoms with van der Waals surface area (Å²) in [5, 5.41) is 10.6. The summed E-state index contributed by atoms with van der Waals surface area (Å²) in [6.45, 7) is 14.1. The van der Waals surface area contributed by atoms with Gasteiger partial charge in [-0.2, -0.15) is 0 Å². The predicted molar refractivity (Wildman–Crippen MR) is 367 cm³/mol. The first-order valence-corrected chi connectivity index (χ1v) is 40.2. The summed E-state index contributed by atoms with van der Waals surface area (Å²) in [7, 11) is -9.91. The highest BCUT2D eigenvalue weighted by Crippen LogP contribution is 2.45. The number of rotatable bonds is 69. The average molecular weight is 1340 g/mol. The molecule has 3 N–H and O–H groups in total. The highest BCUT2D eigenvalue weighted by Gasteiger charge is 2.30. The molecule has 0 aliphatic carbocycles. The van der Waals surface area contributed by atoms with Gasteiger partial charge in [-0.1, -0.05) is 306 Å². The molecule has 0 aromatic rings. The van der Waals surface area contributed by atoms with Gasteiger partial charge in [-0.3, -0.25) is 37.3 Å². The van der Waals surface area contributed by atoms with Crippen LogP contribution in [0.2, 0.25) is 0 Å². The number of ether oxygens (including phenoxy) is 4. The third-order valence-corrected chi connectivity index (χ3v) is 18.8. The normalized spacial score (nSPS) is 14.5. The minimum atomic E-state index is -4.95. The first kappa shape index (κ1) is 89.1. The number of aliphatic hydroxyl groups excluding tert-OH is 1. The molecule has 0 radical (unpaired) electrons. The summed E-state index contributed by atoms with van der Waals surface area (Å²) >= 11 is 0. The Kier molecular flexibility index (Phi) is 60.3. The SMILES string of the molecule is CCC(C)CCCCCCCCCCCCC(=O)O[C@H](COC(=O)CCCCCCCCCCC(C)C)COP(=O)(O)OC[C@@H](O)COP(=O)(O)OC[C@@H](COC(=O)CCCCCCCCC(C)C)OC(=O)CCCCCCCCCCCCCCCCC(C)C. The molecule has 0 saturated heterocycles. The van der Waals surface area contributed by atoms with Gasteiger partial charge in [0, 0.05) is 25.7 Å². The van der Waals surface area contributed by atoms with E-state index < -0.39 is 97.5 Å². The number of phosphoric acid groups is 2. The monoisotopic (exact) mass is 1340 g/mol. The number of unbranched alkanes of at least 4 members (excludes halogenated alkanes) is 34. The Morgan fingerprint density at radius 2 is 0.527 bits per heavy atom. The van der Waals surface area contributed by atoms with Gasteiger partial charge in [-0.25, -0.2) is 9.13 Å². The third kappa shape index (κ3) is 65.1. The molecule has 0 spiro atoms. The van der Waals surface area contributed by atoms with Crippen molar-refractivity contribution in [2.75, 3.05) is 39.6 Å². The maximum Gasteiger partial charge on any atom is 0.472 e. The highest BCUT2D eigenvalue weighted by atomic mass is 31.2. The second-order valence-electron chi connectivity index (χ2n) is 27.6. The molecule has 0 amide bonds. The molecule has 0 aromatic carbocycles. The molecular weight excluding hydrogens is 1200 g/mol. The van der Waals surface area contributed by atoms with E-state index in [-0.39, 0.29) is 25.7 Å². The van der Waals surface area contributed by atoms with Crippen molar-refractivity contribution >= 4 is 39.5 Å². The van der Waals surface area contributed by atoms with Crippen LogP contribution in [0.25, 0.3) is 0 Å². The van der Waals surface area contributed by atoms with Crippen molar-refractivity contribution in [3.8, 4) is 0 Å². The minimum absolute atomic E-state index is 0.105. The van der Waals surface area contributed by atoms with E-state index in [1.807, 2.05) is 0 Å². The van der Waals surface area contributed by atoms with Crippen molar-refractivity contribution in [2.45, 2.75) is 375 Å². The fourth-order valence-electron chi connectivity index (χ4n) is 10.8. The molecule has 0 aliphatic rings. The van der Waals surface area contributed by atoms with E-state index in [0.29, 0.717) is 31.6 Å². The first-order chi connectivity index (χ1) is 43.6. The number of hydrogen-bond acceptors (Lipinski definition) is 15. The number of carbonyl (C=O) groups is 4. The number of esters is 4. The molecule has 6 atom stereocenters. The Balaban J connectivity index is 5.23. The van der Waals surface area contributed by atoms with Gasteiger partial charge in [-0.05, 0) is 49.4 Å². The first-order valence-electron chi connectivity index (χ1n) is 37.2. The fraction of sp³-hybridized carbons (Fsp3) is 0.944. The van der Waals surface area contributed by atoms with Crippen LogP contribution in [0.3, 0.4) is 0 Å². The Labute approximate surface area is 556 Å². The van der Waals surface area contributed by atoms with E-state index in [1.165, 1.54) is 154 Å². The van der Waals surface area contributed by atoms with Crippen molar-refractivity contribution in [3.05, 3.63) is 0 Å². The van der Waals surface area contributed by atoms with Crippen LogP contribution in [0.5, 0.6) is 0 Å². The molecule has 540 valence electrons. The molecule has 0 heterocycles. The molecular formula is C72H140O17P2. The van der Waals surface area contributed by atoms with Crippen molar-refractivity contribution in [2.24, 2.45) is 23.7 Å². The summed E-state index contributed by atoms with van der Waals surface area (Å²) < 4.78 is 68.3. The lowest BCUT2D eigenvalue weighted by Gasteiger charge is -2.21. The average Bonchev–Trinajstić information content (AvgIpc) is 3.63. The van der Waals surface area contributed by atoms with Gasteiger partial charge in [-0.15, -0.1) is 0 Å². The van der Waals surface area contributed by atoms with Crippen LogP contribution in [-0.2, 0) is 65.4 Å². The minimum Gasteiger partial charge on any atom is -0.462 e. The standard InChI is InChI=1S/C72H140O17P2/c1-9-65(8)51-43-35-26-19-16-17-21-29-39-47-55-72(77)88-67(58-82-69(74)52-44-36-27-23-22-25-33-41-49-63(4)5)60-86-90(78,79)84-56-66(73)57-85-91(80,81)87-61-68(59-83-70(75)53-45-37-31-30-34-42-50-64(6)7)89-71(76)54-46-38-28-20-15-13-11-10-12-14-18-24-32-40-48-62(2)3/h62-68,73H,9-61H2,1-8H3,(H,78,79)(H,80,81)/t65?,66-,67-,68-/m1/s1. The summed E-state index contributed by atoms with van der Waals surface area (Å²) in [5.41, 5.74) is 0.